The Morgan fingerprint density at radius 1 is 0.927 bits per heavy atom. The molecule has 1 aromatic carbocycles. The molecule has 2 saturated heterocycles. The van der Waals surface area contributed by atoms with Gasteiger partial charge < -0.3 is 24.2 Å². The molecule has 2 aliphatic rings. The van der Waals surface area contributed by atoms with Crippen LogP contribution in [0.5, 0.6) is 11.5 Å². The van der Waals surface area contributed by atoms with Gasteiger partial charge in [0.2, 0.25) is 0 Å². The van der Waals surface area contributed by atoms with Gasteiger partial charge in [-0.3, -0.25) is 9.78 Å². The summed E-state index contributed by atoms with van der Waals surface area (Å²) in [4.78, 5) is 44.5. The van der Waals surface area contributed by atoms with E-state index in [4.69, 9.17) is 9.47 Å². The topological polar surface area (TPSA) is 101 Å². The van der Waals surface area contributed by atoms with Gasteiger partial charge in [-0.1, -0.05) is 0 Å². The zero-order valence-corrected chi connectivity index (χ0v) is 24.0. The lowest BCUT2D eigenvalue weighted by Crippen LogP contribution is -2.44. The molecule has 0 saturated carbocycles. The zero-order chi connectivity index (χ0) is 28.8. The van der Waals surface area contributed by atoms with Gasteiger partial charge in [0.05, 0.1) is 30.3 Å². The highest BCUT2D eigenvalue weighted by molar-refractivity contribution is 5.94. The van der Waals surface area contributed by atoms with Crippen LogP contribution in [0, 0.1) is 0 Å². The van der Waals surface area contributed by atoms with Crippen molar-refractivity contribution in [3.05, 3.63) is 67.0 Å². The summed E-state index contributed by atoms with van der Waals surface area (Å²) in [5.74, 6) is 1.25. The average molecular weight is 559 g/mol. The standard InChI is InChI=1S/C31H38N6O4/c1-31(2,3)41-30(39)36-17-7-8-24(36)21-37(25-18-33-22-34-19-25)27-20-32-14-13-28(27)40-26-11-9-23(10-12-26)29(38)35-15-5-4-6-16-35/h9-14,18-20,22,24H,4-8,15-17,21H2,1-3H3. The van der Waals surface area contributed by atoms with E-state index >= 15 is 0 Å². The summed E-state index contributed by atoms with van der Waals surface area (Å²) in [5.41, 5.74) is 1.55. The van der Waals surface area contributed by atoms with Crippen LogP contribution >= 0.6 is 0 Å². The number of benzene rings is 1. The number of carbonyl (C=O) groups is 2. The van der Waals surface area contributed by atoms with Gasteiger partial charge in [0.1, 0.15) is 23.4 Å². The molecule has 10 nitrogen and oxygen atoms in total. The number of carbonyl (C=O) groups excluding carboxylic acids is 2. The summed E-state index contributed by atoms with van der Waals surface area (Å²) in [7, 11) is 0. The van der Waals surface area contributed by atoms with Crippen LogP contribution in [0.4, 0.5) is 16.2 Å². The summed E-state index contributed by atoms with van der Waals surface area (Å²) < 4.78 is 12.0. The Labute approximate surface area is 241 Å². The number of piperidine rings is 1. The number of rotatable bonds is 7. The number of pyridine rings is 1. The Balaban J connectivity index is 1.38. The third kappa shape index (κ3) is 7.11. The lowest BCUT2D eigenvalue weighted by atomic mass is 10.1. The molecule has 0 N–H and O–H groups in total. The number of likely N-dealkylation sites (tertiary alicyclic amines) is 2. The van der Waals surface area contributed by atoms with Crippen molar-refractivity contribution in [2.45, 2.75) is 64.5 Å². The summed E-state index contributed by atoms with van der Waals surface area (Å²) in [6.07, 6.45) is 13.1. The van der Waals surface area contributed by atoms with E-state index in [1.807, 2.05) is 54.8 Å². The van der Waals surface area contributed by atoms with Crippen LogP contribution < -0.4 is 9.64 Å². The molecule has 4 heterocycles. The second-order valence-corrected chi connectivity index (χ2v) is 11.5. The monoisotopic (exact) mass is 558 g/mol. The predicted octanol–water partition coefficient (Wildman–Crippen LogP) is 5.83. The molecule has 41 heavy (non-hydrogen) atoms. The van der Waals surface area contributed by atoms with Gasteiger partial charge in [0.25, 0.3) is 5.91 Å². The van der Waals surface area contributed by atoms with Crippen molar-refractivity contribution in [1.82, 2.24) is 24.8 Å². The van der Waals surface area contributed by atoms with Crippen LogP contribution in [-0.4, -0.2) is 74.6 Å². The second kappa shape index (κ2) is 12.5. The van der Waals surface area contributed by atoms with Crippen molar-refractivity contribution in [2.75, 3.05) is 31.1 Å². The Kier molecular flexibility index (Phi) is 8.66. The fourth-order valence-corrected chi connectivity index (χ4v) is 5.31. The maximum Gasteiger partial charge on any atom is 0.410 e. The number of ether oxygens (including phenoxy) is 2. The SMILES string of the molecule is CC(C)(C)OC(=O)N1CCCC1CN(c1cncnc1)c1cnccc1Oc1ccc(C(=O)N2CCCCC2)cc1. The molecule has 2 fully saturated rings. The van der Waals surface area contributed by atoms with Gasteiger partial charge in [0.15, 0.2) is 5.75 Å². The maximum atomic E-state index is 13.0. The Hall–Kier alpha value is -4.21. The van der Waals surface area contributed by atoms with E-state index in [2.05, 4.69) is 15.0 Å². The van der Waals surface area contributed by atoms with Crippen LogP contribution in [0.1, 0.15) is 63.2 Å². The largest absolute Gasteiger partial charge is 0.455 e. The summed E-state index contributed by atoms with van der Waals surface area (Å²) >= 11 is 0. The molecule has 216 valence electrons. The van der Waals surface area contributed by atoms with Crippen LogP contribution in [0.3, 0.4) is 0 Å². The Morgan fingerprint density at radius 2 is 1.66 bits per heavy atom. The minimum atomic E-state index is -0.574. The molecule has 0 spiro atoms. The van der Waals surface area contributed by atoms with Gasteiger partial charge in [-0.05, 0) is 77.1 Å². The fraction of sp³-hybridized carbons (Fsp3) is 0.452. The summed E-state index contributed by atoms with van der Waals surface area (Å²) in [5, 5.41) is 0. The zero-order valence-electron chi connectivity index (χ0n) is 24.0. The van der Waals surface area contributed by atoms with Crippen LogP contribution in [0.2, 0.25) is 0 Å². The molecule has 1 unspecified atom stereocenters. The first-order valence-corrected chi connectivity index (χ1v) is 14.3. The van der Waals surface area contributed by atoms with Crippen molar-refractivity contribution in [3.8, 4) is 11.5 Å². The van der Waals surface area contributed by atoms with Crippen molar-refractivity contribution in [2.24, 2.45) is 0 Å². The first-order chi connectivity index (χ1) is 19.8. The van der Waals surface area contributed by atoms with E-state index in [-0.39, 0.29) is 18.0 Å². The normalized spacial score (nSPS) is 17.3. The van der Waals surface area contributed by atoms with E-state index in [1.165, 1.54) is 12.7 Å². The molecule has 5 rings (SSSR count). The molecule has 2 aromatic heterocycles. The molecular weight excluding hydrogens is 520 g/mol. The van der Waals surface area contributed by atoms with E-state index < -0.39 is 5.60 Å². The summed E-state index contributed by atoms with van der Waals surface area (Å²) in [6.45, 7) is 8.36. The van der Waals surface area contributed by atoms with Gasteiger partial charge in [0, 0.05) is 44.0 Å². The van der Waals surface area contributed by atoms with Crippen molar-refractivity contribution in [3.63, 3.8) is 0 Å². The van der Waals surface area contributed by atoms with Gasteiger partial charge >= 0.3 is 6.09 Å². The average Bonchev–Trinajstić information content (AvgIpc) is 3.45. The second-order valence-electron chi connectivity index (χ2n) is 11.5. The number of hydrogen-bond acceptors (Lipinski definition) is 8. The number of nitrogens with zero attached hydrogens (tertiary/aromatic N) is 6. The van der Waals surface area contributed by atoms with E-state index in [0.29, 0.717) is 35.8 Å². The molecular formula is C31H38N6O4. The molecule has 2 amide bonds. The third-order valence-electron chi connectivity index (χ3n) is 7.28. The van der Waals surface area contributed by atoms with E-state index in [9.17, 15) is 9.59 Å². The predicted molar refractivity (Wildman–Crippen MR) is 156 cm³/mol. The Bertz CT molecular complexity index is 1320. The van der Waals surface area contributed by atoms with E-state index in [1.54, 1.807) is 35.8 Å². The highest BCUT2D eigenvalue weighted by Gasteiger charge is 2.34. The highest BCUT2D eigenvalue weighted by Crippen LogP contribution is 2.37. The molecule has 3 aromatic rings. The Morgan fingerprint density at radius 3 is 2.37 bits per heavy atom. The van der Waals surface area contributed by atoms with Gasteiger partial charge in [-0.2, -0.15) is 0 Å². The number of anilines is 2. The van der Waals surface area contributed by atoms with Crippen LogP contribution in [-0.2, 0) is 4.74 Å². The number of hydrogen-bond donors (Lipinski definition) is 0. The van der Waals surface area contributed by atoms with Crippen LogP contribution in [0.15, 0.2) is 61.4 Å². The van der Waals surface area contributed by atoms with E-state index in [0.717, 1.165) is 44.5 Å². The first kappa shape index (κ1) is 28.3. The maximum absolute atomic E-state index is 13.0. The van der Waals surface area contributed by atoms with Crippen molar-refractivity contribution < 1.29 is 19.1 Å². The number of amides is 2. The fourth-order valence-electron chi connectivity index (χ4n) is 5.31. The minimum Gasteiger partial charge on any atom is -0.455 e. The van der Waals surface area contributed by atoms with Crippen molar-refractivity contribution in [1.29, 1.82) is 0 Å². The third-order valence-corrected chi connectivity index (χ3v) is 7.28. The molecule has 1 atom stereocenters. The quantitative estimate of drug-likeness (QED) is 0.357. The first-order valence-electron chi connectivity index (χ1n) is 14.3. The summed E-state index contributed by atoms with van der Waals surface area (Å²) in [6, 6.07) is 8.98. The van der Waals surface area contributed by atoms with Gasteiger partial charge in [-0.25, -0.2) is 14.8 Å². The highest BCUT2D eigenvalue weighted by atomic mass is 16.6. The molecule has 0 bridgehead atoms. The lowest BCUT2D eigenvalue weighted by Gasteiger charge is -2.33. The minimum absolute atomic E-state index is 0.0576. The number of aromatic nitrogens is 3. The van der Waals surface area contributed by atoms with Gasteiger partial charge in [-0.15, -0.1) is 0 Å². The molecule has 0 radical (unpaired) electrons. The van der Waals surface area contributed by atoms with Crippen LogP contribution in [0.25, 0.3) is 0 Å². The molecule has 10 heteroatoms. The molecule has 2 aliphatic heterocycles. The molecule has 0 aliphatic carbocycles. The lowest BCUT2D eigenvalue weighted by molar-refractivity contribution is 0.0232. The van der Waals surface area contributed by atoms with Crippen molar-refractivity contribution >= 4 is 23.4 Å². The smallest absolute Gasteiger partial charge is 0.410 e.